The first-order chi connectivity index (χ1) is 12.5. The number of Topliss-reactive ketones (excluding diaryl/α,β-unsaturated/α-hetero) is 1. The monoisotopic (exact) mass is 384 g/mol. The van der Waals surface area contributed by atoms with Crippen LogP contribution in [-0.2, 0) is 0 Å². The average Bonchev–Trinajstić information content (AvgIpc) is 3.04. The van der Waals surface area contributed by atoms with Gasteiger partial charge in [0.2, 0.25) is 0 Å². The van der Waals surface area contributed by atoms with Gasteiger partial charge < -0.3 is 5.32 Å². The van der Waals surface area contributed by atoms with Crippen LogP contribution < -0.4 is 5.32 Å². The molecule has 0 aromatic heterocycles. The van der Waals surface area contributed by atoms with E-state index < -0.39 is 6.04 Å². The Labute approximate surface area is 161 Å². The molecule has 1 fully saturated rings. The Hall–Kier alpha value is -2.24. The number of rotatable bonds is 3. The molecule has 2 heterocycles. The van der Waals surface area contributed by atoms with Crippen LogP contribution in [0.25, 0.3) is 0 Å². The molecule has 1 N–H and O–H groups in total. The lowest BCUT2D eigenvalue weighted by Gasteiger charge is -2.32. The van der Waals surface area contributed by atoms with Crippen LogP contribution in [0.4, 0.5) is 4.79 Å². The Bertz CT molecular complexity index is 896. The van der Waals surface area contributed by atoms with Crippen LogP contribution in [0.3, 0.4) is 0 Å². The lowest BCUT2D eigenvalue weighted by molar-refractivity contribution is 0.102. The van der Waals surface area contributed by atoms with Crippen LogP contribution in [0, 0.1) is 0 Å². The molecule has 2 aromatic rings. The van der Waals surface area contributed by atoms with Crippen LogP contribution >= 0.6 is 23.4 Å². The molecule has 2 aliphatic heterocycles. The highest BCUT2D eigenvalue weighted by atomic mass is 35.5. The minimum atomic E-state index is -0.489. The summed E-state index contributed by atoms with van der Waals surface area (Å²) in [6.07, 6.45) is 0. The highest BCUT2D eigenvalue weighted by molar-refractivity contribution is 8.04. The second kappa shape index (κ2) is 6.82. The number of thioether (sulfide) groups is 1. The summed E-state index contributed by atoms with van der Waals surface area (Å²) in [5.74, 6) is -0.0628. The number of nitrogens with one attached hydrogen (secondary N) is 1. The standard InChI is InChI=1S/C20H17ClN2O2S/c1-12-11-23-19(26-12)16(18(24)14-5-3-2-4-6-14)17(22-20(23)25)13-7-9-15(21)10-8-13/h2-10,12,17H,11H2,1H3,(H,22,25). The predicted molar refractivity (Wildman–Crippen MR) is 104 cm³/mol. The van der Waals surface area contributed by atoms with Crippen molar-refractivity contribution < 1.29 is 9.59 Å². The zero-order chi connectivity index (χ0) is 18.3. The first kappa shape index (κ1) is 17.2. The summed E-state index contributed by atoms with van der Waals surface area (Å²) in [5.41, 5.74) is 2.08. The van der Waals surface area contributed by atoms with Crippen LogP contribution in [-0.4, -0.2) is 28.5 Å². The molecule has 132 valence electrons. The predicted octanol–water partition coefficient (Wildman–Crippen LogP) is 4.64. The molecule has 6 heteroatoms. The fourth-order valence-electron chi connectivity index (χ4n) is 3.29. The minimum absolute atomic E-state index is 0.0628. The van der Waals surface area contributed by atoms with Gasteiger partial charge in [-0.1, -0.05) is 61.0 Å². The van der Waals surface area contributed by atoms with E-state index in [-0.39, 0.29) is 17.1 Å². The Morgan fingerprint density at radius 1 is 1.15 bits per heavy atom. The number of nitrogens with zero attached hydrogens (tertiary/aromatic N) is 1. The molecule has 0 bridgehead atoms. The molecule has 2 amide bonds. The highest BCUT2D eigenvalue weighted by Gasteiger charge is 2.42. The number of ketones is 1. The van der Waals surface area contributed by atoms with E-state index in [2.05, 4.69) is 12.2 Å². The van der Waals surface area contributed by atoms with Crippen molar-refractivity contribution in [2.45, 2.75) is 18.2 Å². The van der Waals surface area contributed by atoms with E-state index in [9.17, 15) is 9.59 Å². The van der Waals surface area contributed by atoms with Crippen molar-refractivity contribution >= 4 is 35.2 Å². The Kier molecular flexibility index (Phi) is 4.51. The number of benzene rings is 2. The number of hydrogen-bond acceptors (Lipinski definition) is 3. The average molecular weight is 385 g/mol. The van der Waals surface area contributed by atoms with Gasteiger partial charge in [-0.3, -0.25) is 9.69 Å². The normalized spacial score (nSPS) is 22.2. The van der Waals surface area contributed by atoms with Gasteiger partial charge in [0.05, 0.1) is 16.6 Å². The SMILES string of the molecule is CC1CN2C(=O)NC(c3ccc(Cl)cc3)C(C(=O)c3ccccc3)=C2S1. The van der Waals surface area contributed by atoms with Gasteiger partial charge in [-0.25, -0.2) is 4.79 Å². The van der Waals surface area contributed by atoms with Crippen LogP contribution in [0.1, 0.15) is 28.9 Å². The van der Waals surface area contributed by atoms with Crippen LogP contribution in [0.15, 0.2) is 65.2 Å². The number of urea groups is 1. The van der Waals surface area contributed by atoms with Gasteiger partial charge in [-0.2, -0.15) is 0 Å². The first-order valence-corrected chi connectivity index (χ1v) is 9.64. The molecule has 2 aliphatic rings. The molecule has 1 saturated heterocycles. The molecule has 0 spiro atoms. The molecule has 4 rings (SSSR count). The van der Waals surface area contributed by atoms with Crippen molar-refractivity contribution in [3.05, 3.63) is 81.3 Å². The summed E-state index contributed by atoms with van der Waals surface area (Å²) in [5, 5.41) is 4.62. The number of amides is 2. The van der Waals surface area contributed by atoms with Crippen molar-refractivity contribution in [2.24, 2.45) is 0 Å². The van der Waals surface area contributed by atoms with Gasteiger partial charge in [0, 0.05) is 22.4 Å². The minimum Gasteiger partial charge on any atom is -0.327 e. The summed E-state index contributed by atoms with van der Waals surface area (Å²) in [6.45, 7) is 2.66. The Morgan fingerprint density at radius 3 is 2.54 bits per heavy atom. The van der Waals surface area contributed by atoms with Gasteiger partial charge in [0.15, 0.2) is 5.78 Å². The molecular formula is C20H17ClN2O2S. The van der Waals surface area contributed by atoms with E-state index in [0.29, 0.717) is 22.7 Å². The lowest BCUT2D eigenvalue weighted by atomic mass is 9.91. The van der Waals surface area contributed by atoms with E-state index in [0.717, 1.165) is 10.6 Å². The number of fused-ring (bicyclic) bond motifs is 1. The van der Waals surface area contributed by atoms with E-state index in [1.165, 1.54) is 0 Å². The van der Waals surface area contributed by atoms with Crippen molar-refractivity contribution in [1.82, 2.24) is 10.2 Å². The Morgan fingerprint density at radius 2 is 1.85 bits per heavy atom. The smallest absolute Gasteiger partial charge is 0.323 e. The summed E-state index contributed by atoms with van der Waals surface area (Å²) in [7, 11) is 0. The van der Waals surface area contributed by atoms with Gasteiger partial charge >= 0.3 is 6.03 Å². The summed E-state index contributed by atoms with van der Waals surface area (Å²) >= 11 is 7.59. The Balaban J connectivity index is 1.86. The fraction of sp³-hybridized carbons (Fsp3) is 0.200. The second-order valence-electron chi connectivity index (χ2n) is 6.39. The fourth-order valence-corrected chi connectivity index (χ4v) is 4.64. The van der Waals surface area contributed by atoms with Gasteiger partial charge in [0.1, 0.15) is 0 Å². The number of halogens is 1. The topological polar surface area (TPSA) is 49.4 Å². The van der Waals surface area contributed by atoms with Crippen molar-refractivity contribution in [3.8, 4) is 0 Å². The lowest BCUT2D eigenvalue weighted by Crippen LogP contribution is -2.46. The third kappa shape index (κ3) is 3.02. The third-order valence-corrected chi connectivity index (χ3v) is 5.98. The van der Waals surface area contributed by atoms with Crippen molar-refractivity contribution in [1.29, 1.82) is 0 Å². The molecule has 0 aliphatic carbocycles. The summed E-state index contributed by atoms with van der Waals surface area (Å²) < 4.78 is 0. The first-order valence-electron chi connectivity index (χ1n) is 8.38. The van der Waals surface area contributed by atoms with Crippen LogP contribution in [0.2, 0.25) is 5.02 Å². The van der Waals surface area contributed by atoms with E-state index >= 15 is 0 Å². The largest absolute Gasteiger partial charge is 0.327 e. The van der Waals surface area contributed by atoms with Gasteiger partial charge in [-0.05, 0) is 17.7 Å². The maximum absolute atomic E-state index is 13.3. The molecule has 0 radical (unpaired) electrons. The van der Waals surface area contributed by atoms with E-state index in [1.807, 2.05) is 30.3 Å². The van der Waals surface area contributed by atoms with Crippen molar-refractivity contribution in [3.63, 3.8) is 0 Å². The molecule has 4 nitrogen and oxygen atoms in total. The zero-order valence-corrected chi connectivity index (χ0v) is 15.7. The second-order valence-corrected chi connectivity index (χ2v) is 8.25. The number of carbonyl (C=O) groups excluding carboxylic acids is 2. The third-order valence-electron chi connectivity index (χ3n) is 4.51. The highest BCUT2D eigenvalue weighted by Crippen LogP contribution is 2.43. The maximum atomic E-state index is 13.3. The summed E-state index contributed by atoms with van der Waals surface area (Å²) in [6, 6.07) is 15.8. The van der Waals surface area contributed by atoms with E-state index in [4.69, 9.17) is 11.6 Å². The molecule has 2 aromatic carbocycles. The van der Waals surface area contributed by atoms with Gasteiger partial charge in [-0.15, -0.1) is 11.8 Å². The quantitative estimate of drug-likeness (QED) is 0.784. The zero-order valence-electron chi connectivity index (χ0n) is 14.1. The number of hydrogen-bond donors (Lipinski definition) is 1. The summed E-state index contributed by atoms with van der Waals surface area (Å²) in [4.78, 5) is 27.6. The van der Waals surface area contributed by atoms with Crippen LogP contribution in [0.5, 0.6) is 0 Å². The number of carbonyl (C=O) groups is 2. The molecule has 2 unspecified atom stereocenters. The maximum Gasteiger partial charge on any atom is 0.323 e. The van der Waals surface area contributed by atoms with Crippen molar-refractivity contribution in [2.75, 3.05) is 6.54 Å². The molecule has 0 saturated carbocycles. The molecule has 26 heavy (non-hydrogen) atoms. The van der Waals surface area contributed by atoms with Gasteiger partial charge in [0.25, 0.3) is 0 Å². The molecule has 2 atom stereocenters. The van der Waals surface area contributed by atoms with E-state index in [1.54, 1.807) is 40.9 Å². The molecular weight excluding hydrogens is 368 g/mol.